The molecule has 1 aromatic carbocycles. The van der Waals surface area contributed by atoms with Gasteiger partial charge in [-0.1, -0.05) is 30.3 Å². The van der Waals surface area contributed by atoms with Gasteiger partial charge in [-0.25, -0.2) is 9.59 Å². The summed E-state index contributed by atoms with van der Waals surface area (Å²) < 4.78 is 0. The topological polar surface area (TPSA) is 89.9 Å². The third-order valence-corrected chi connectivity index (χ3v) is 2.90. The van der Waals surface area contributed by atoms with Gasteiger partial charge >= 0.3 is 12.0 Å². The van der Waals surface area contributed by atoms with Gasteiger partial charge in [-0.3, -0.25) is 0 Å². The van der Waals surface area contributed by atoms with Crippen molar-refractivity contribution in [3.8, 4) is 0 Å². The molecule has 6 heteroatoms. The second-order valence-electron chi connectivity index (χ2n) is 4.35. The first-order valence-electron chi connectivity index (χ1n) is 6.51. The van der Waals surface area contributed by atoms with E-state index in [1.54, 1.807) is 0 Å². The summed E-state index contributed by atoms with van der Waals surface area (Å²) >= 11 is 0. The Morgan fingerprint density at radius 3 is 2.45 bits per heavy atom. The molecular weight excluding hydrogens is 260 g/mol. The first kappa shape index (κ1) is 16.0. The highest BCUT2D eigenvalue weighted by Crippen LogP contribution is 2.05. The standard InChI is InChI=1S/C14H20N2O4/c1-2-16(10-11-6-4-3-5-7-11)14(20)15-12(8-9-17)13(18)19/h3-7,12,17H,2,8-10H2,1H3,(H,15,20)(H,18,19). The molecule has 0 bridgehead atoms. The summed E-state index contributed by atoms with van der Waals surface area (Å²) in [7, 11) is 0. The zero-order valence-corrected chi connectivity index (χ0v) is 11.5. The van der Waals surface area contributed by atoms with Gasteiger partial charge in [0, 0.05) is 26.1 Å². The second kappa shape index (κ2) is 8.16. The van der Waals surface area contributed by atoms with Gasteiger partial charge in [0.2, 0.25) is 0 Å². The minimum absolute atomic E-state index is 0.00996. The SMILES string of the molecule is CCN(Cc1ccccc1)C(=O)NC(CCO)C(=O)O. The number of rotatable bonds is 7. The van der Waals surface area contributed by atoms with Crippen molar-refractivity contribution in [1.82, 2.24) is 10.2 Å². The molecule has 0 aliphatic heterocycles. The molecule has 0 radical (unpaired) electrons. The average Bonchev–Trinajstić information content (AvgIpc) is 2.45. The number of carbonyl (C=O) groups excluding carboxylic acids is 1. The number of carboxylic acid groups (broad SMARTS) is 1. The fourth-order valence-electron chi connectivity index (χ4n) is 1.76. The van der Waals surface area contributed by atoms with Crippen LogP contribution >= 0.6 is 0 Å². The Bertz CT molecular complexity index is 436. The van der Waals surface area contributed by atoms with E-state index < -0.39 is 18.0 Å². The molecule has 2 amide bonds. The summed E-state index contributed by atoms with van der Waals surface area (Å²) in [5.41, 5.74) is 0.971. The molecule has 0 aliphatic rings. The van der Waals surface area contributed by atoms with Crippen LogP contribution in [0.2, 0.25) is 0 Å². The first-order chi connectivity index (χ1) is 9.58. The highest BCUT2D eigenvalue weighted by atomic mass is 16.4. The second-order valence-corrected chi connectivity index (χ2v) is 4.35. The summed E-state index contributed by atoms with van der Waals surface area (Å²) in [5, 5.41) is 20.2. The van der Waals surface area contributed by atoms with E-state index in [0.717, 1.165) is 5.56 Å². The molecule has 1 rings (SSSR count). The van der Waals surface area contributed by atoms with Crippen molar-refractivity contribution in [3.05, 3.63) is 35.9 Å². The maximum Gasteiger partial charge on any atom is 0.326 e. The van der Waals surface area contributed by atoms with Crippen molar-refractivity contribution < 1.29 is 19.8 Å². The summed E-state index contributed by atoms with van der Waals surface area (Å²) in [6, 6.07) is 7.94. The smallest absolute Gasteiger partial charge is 0.326 e. The van der Waals surface area contributed by atoms with Crippen LogP contribution < -0.4 is 5.32 Å². The predicted molar refractivity (Wildman–Crippen MR) is 74.2 cm³/mol. The number of carbonyl (C=O) groups is 2. The van der Waals surface area contributed by atoms with Gasteiger partial charge in [0.25, 0.3) is 0 Å². The van der Waals surface area contributed by atoms with E-state index in [2.05, 4.69) is 5.32 Å². The van der Waals surface area contributed by atoms with Crippen LogP contribution in [0.5, 0.6) is 0 Å². The van der Waals surface area contributed by atoms with Gasteiger partial charge in [0.1, 0.15) is 6.04 Å². The maximum atomic E-state index is 12.0. The number of nitrogens with one attached hydrogen (secondary N) is 1. The number of urea groups is 1. The van der Waals surface area contributed by atoms with E-state index in [1.165, 1.54) is 4.90 Å². The number of aliphatic carboxylic acids is 1. The van der Waals surface area contributed by atoms with Gasteiger partial charge in [0.05, 0.1) is 0 Å². The van der Waals surface area contributed by atoms with E-state index in [-0.39, 0.29) is 13.0 Å². The summed E-state index contributed by atoms with van der Waals surface area (Å²) in [5.74, 6) is -1.15. The minimum Gasteiger partial charge on any atom is -0.480 e. The highest BCUT2D eigenvalue weighted by Gasteiger charge is 2.22. The fraction of sp³-hybridized carbons (Fsp3) is 0.429. The van der Waals surface area contributed by atoms with E-state index in [4.69, 9.17) is 10.2 Å². The van der Waals surface area contributed by atoms with E-state index in [0.29, 0.717) is 13.1 Å². The monoisotopic (exact) mass is 280 g/mol. The molecule has 1 unspecified atom stereocenters. The Morgan fingerprint density at radius 1 is 1.30 bits per heavy atom. The van der Waals surface area contributed by atoms with Crippen molar-refractivity contribution in [2.45, 2.75) is 25.9 Å². The Hall–Kier alpha value is -2.08. The molecule has 110 valence electrons. The molecule has 6 nitrogen and oxygen atoms in total. The molecule has 20 heavy (non-hydrogen) atoms. The number of carboxylic acids is 1. The van der Waals surface area contributed by atoms with Crippen LogP contribution in [0.15, 0.2) is 30.3 Å². The Kier molecular flexibility index (Phi) is 6.52. The van der Waals surface area contributed by atoms with E-state index in [1.807, 2.05) is 37.3 Å². The van der Waals surface area contributed by atoms with Crippen molar-refractivity contribution in [2.75, 3.05) is 13.2 Å². The lowest BCUT2D eigenvalue weighted by Gasteiger charge is -2.23. The summed E-state index contributed by atoms with van der Waals surface area (Å²) in [4.78, 5) is 24.5. The van der Waals surface area contributed by atoms with Crippen LogP contribution in [0.25, 0.3) is 0 Å². The quantitative estimate of drug-likeness (QED) is 0.696. The van der Waals surface area contributed by atoms with Crippen molar-refractivity contribution >= 4 is 12.0 Å². The lowest BCUT2D eigenvalue weighted by molar-refractivity contribution is -0.139. The maximum absolute atomic E-state index is 12.0. The molecule has 0 saturated heterocycles. The van der Waals surface area contributed by atoms with Crippen molar-refractivity contribution in [1.29, 1.82) is 0 Å². The number of hydrogen-bond acceptors (Lipinski definition) is 3. The van der Waals surface area contributed by atoms with Crippen molar-refractivity contribution in [3.63, 3.8) is 0 Å². The summed E-state index contributed by atoms with van der Waals surface area (Å²) in [6.45, 7) is 2.41. The molecule has 1 atom stereocenters. The van der Waals surface area contributed by atoms with Crippen LogP contribution in [-0.4, -0.2) is 46.3 Å². The number of amides is 2. The van der Waals surface area contributed by atoms with Gasteiger partial charge in [-0.15, -0.1) is 0 Å². The number of aliphatic hydroxyl groups is 1. The van der Waals surface area contributed by atoms with Crippen molar-refractivity contribution in [2.24, 2.45) is 0 Å². The third-order valence-electron chi connectivity index (χ3n) is 2.90. The van der Waals surface area contributed by atoms with Crippen LogP contribution in [0.4, 0.5) is 4.79 Å². The molecule has 0 heterocycles. The molecule has 0 spiro atoms. The average molecular weight is 280 g/mol. The number of nitrogens with zero attached hydrogens (tertiary/aromatic N) is 1. The van der Waals surface area contributed by atoms with Crippen LogP contribution in [0, 0.1) is 0 Å². The largest absolute Gasteiger partial charge is 0.480 e. The predicted octanol–water partition coefficient (Wildman–Crippen LogP) is 1.05. The van der Waals surface area contributed by atoms with Gasteiger partial charge in [0.15, 0.2) is 0 Å². The van der Waals surface area contributed by atoms with Gasteiger partial charge in [-0.2, -0.15) is 0 Å². The van der Waals surface area contributed by atoms with Crippen LogP contribution in [-0.2, 0) is 11.3 Å². The fourth-order valence-corrected chi connectivity index (χ4v) is 1.76. The lowest BCUT2D eigenvalue weighted by Crippen LogP contribution is -2.48. The highest BCUT2D eigenvalue weighted by molar-refractivity contribution is 5.82. The first-order valence-corrected chi connectivity index (χ1v) is 6.51. The van der Waals surface area contributed by atoms with Gasteiger partial charge in [-0.05, 0) is 12.5 Å². The zero-order valence-electron chi connectivity index (χ0n) is 11.5. The Labute approximate surface area is 118 Å². The number of hydrogen-bond donors (Lipinski definition) is 3. The normalized spacial score (nSPS) is 11.7. The van der Waals surface area contributed by atoms with Crippen LogP contribution in [0.3, 0.4) is 0 Å². The molecule has 0 fully saturated rings. The lowest BCUT2D eigenvalue weighted by atomic mass is 10.2. The third kappa shape index (κ3) is 4.89. The molecule has 0 aliphatic carbocycles. The molecule has 0 aromatic heterocycles. The van der Waals surface area contributed by atoms with E-state index in [9.17, 15) is 9.59 Å². The summed E-state index contributed by atoms with van der Waals surface area (Å²) in [6.07, 6.45) is -0.00996. The Morgan fingerprint density at radius 2 is 1.95 bits per heavy atom. The number of aliphatic hydroxyl groups excluding tert-OH is 1. The zero-order chi connectivity index (χ0) is 15.0. The molecule has 0 saturated carbocycles. The van der Waals surface area contributed by atoms with Crippen LogP contribution in [0.1, 0.15) is 18.9 Å². The molecule has 1 aromatic rings. The molecular formula is C14H20N2O4. The van der Waals surface area contributed by atoms with E-state index >= 15 is 0 Å². The molecule has 3 N–H and O–H groups in total. The Balaban J connectivity index is 2.64. The van der Waals surface area contributed by atoms with Gasteiger partial charge < -0.3 is 20.4 Å². The minimum atomic E-state index is -1.15. The number of benzene rings is 1.